The quantitative estimate of drug-likeness (QED) is 0.740. The first-order chi connectivity index (χ1) is 10.1. The molecule has 3 aromatic rings. The highest BCUT2D eigenvalue weighted by Crippen LogP contribution is 2.37. The van der Waals surface area contributed by atoms with Crippen LogP contribution < -0.4 is 5.73 Å². The molecule has 2 N–H and O–H groups in total. The number of fused-ring (bicyclic) bond motifs is 3. The van der Waals surface area contributed by atoms with Gasteiger partial charge in [-0.25, -0.2) is 0 Å². The van der Waals surface area contributed by atoms with Gasteiger partial charge in [-0.3, -0.25) is 9.78 Å². The number of carbonyl (C=O) groups is 1. The van der Waals surface area contributed by atoms with Crippen LogP contribution in [0.3, 0.4) is 0 Å². The molecule has 21 heavy (non-hydrogen) atoms. The van der Waals surface area contributed by atoms with Crippen molar-refractivity contribution in [3.05, 3.63) is 35.3 Å². The summed E-state index contributed by atoms with van der Waals surface area (Å²) in [7, 11) is 1.67. The molecule has 1 aromatic carbocycles. The summed E-state index contributed by atoms with van der Waals surface area (Å²) >= 11 is 1.39. The minimum absolute atomic E-state index is 0.157. The number of benzene rings is 1. The number of amides is 1. The Bertz CT molecular complexity index is 892. The van der Waals surface area contributed by atoms with Gasteiger partial charge in [0.25, 0.3) is 5.91 Å². The summed E-state index contributed by atoms with van der Waals surface area (Å²) in [5.41, 5.74) is 7.50. The van der Waals surface area contributed by atoms with E-state index in [1.165, 1.54) is 16.2 Å². The molecule has 2 heterocycles. The molecule has 1 amide bonds. The zero-order valence-electron chi connectivity index (χ0n) is 11.5. The van der Waals surface area contributed by atoms with Crippen molar-refractivity contribution in [1.29, 1.82) is 0 Å². The molecule has 3 rings (SSSR count). The molecular formula is C16H13N3OS. The monoisotopic (exact) mass is 295 g/mol. The lowest BCUT2D eigenvalue weighted by Gasteiger charge is -2.12. The van der Waals surface area contributed by atoms with E-state index in [1.807, 2.05) is 24.3 Å². The first-order valence-electron chi connectivity index (χ1n) is 6.38. The molecule has 0 aliphatic heterocycles. The SMILES string of the molecule is C#CCN(C)C(=O)c1sc2c(cnc3ccccc32)c1N. The van der Waals surface area contributed by atoms with Crippen molar-refractivity contribution in [3.8, 4) is 12.3 Å². The standard InChI is InChI=1S/C16H13N3OS/c1-3-8-19(2)16(20)15-13(17)11-9-18-12-7-5-4-6-10(12)14(11)21-15/h1,4-7,9H,8,17H2,2H3. The number of rotatable bonds is 2. The van der Waals surface area contributed by atoms with E-state index in [1.54, 1.807) is 13.2 Å². The van der Waals surface area contributed by atoms with Crippen molar-refractivity contribution in [3.63, 3.8) is 0 Å². The molecule has 5 heteroatoms. The number of para-hydroxylation sites is 1. The second-order valence-electron chi connectivity index (χ2n) is 4.73. The average molecular weight is 295 g/mol. The largest absolute Gasteiger partial charge is 0.397 e. The molecule has 0 bridgehead atoms. The van der Waals surface area contributed by atoms with Crippen molar-refractivity contribution in [2.24, 2.45) is 0 Å². The molecule has 0 aliphatic carbocycles. The Balaban J connectivity index is 2.22. The smallest absolute Gasteiger partial charge is 0.266 e. The molecule has 0 radical (unpaired) electrons. The van der Waals surface area contributed by atoms with Crippen LogP contribution in [-0.2, 0) is 0 Å². The minimum Gasteiger partial charge on any atom is -0.397 e. The first-order valence-corrected chi connectivity index (χ1v) is 7.19. The van der Waals surface area contributed by atoms with Gasteiger partial charge in [0.15, 0.2) is 0 Å². The second kappa shape index (κ2) is 5.08. The van der Waals surface area contributed by atoms with Gasteiger partial charge in [-0.2, -0.15) is 0 Å². The van der Waals surface area contributed by atoms with Gasteiger partial charge in [-0.1, -0.05) is 24.1 Å². The normalized spacial score (nSPS) is 10.7. The molecule has 0 fully saturated rings. The molecule has 0 unspecified atom stereocenters. The van der Waals surface area contributed by atoms with E-state index in [9.17, 15) is 4.79 Å². The van der Waals surface area contributed by atoms with Gasteiger partial charge in [0.05, 0.1) is 17.7 Å². The Labute approximate surface area is 126 Å². The zero-order chi connectivity index (χ0) is 15.0. The van der Waals surface area contributed by atoms with E-state index in [0.29, 0.717) is 10.6 Å². The van der Waals surface area contributed by atoms with E-state index >= 15 is 0 Å². The maximum atomic E-state index is 12.4. The lowest BCUT2D eigenvalue weighted by molar-refractivity contribution is 0.0818. The summed E-state index contributed by atoms with van der Waals surface area (Å²) in [6.45, 7) is 0.255. The van der Waals surface area contributed by atoms with Crippen LogP contribution in [0.15, 0.2) is 30.5 Å². The van der Waals surface area contributed by atoms with Crippen molar-refractivity contribution < 1.29 is 4.79 Å². The number of nitrogens with two attached hydrogens (primary N) is 1. The predicted octanol–water partition coefficient (Wildman–Crippen LogP) is 2.74. The number of terminal acetylenes is 1. The first kappa shape index (κ1) is 13.4. The van der Waals surface area contributed by atoms with Crippen LogP contribution in [0.2, 0.25) is 0 Å². The molecule has 4 nitrogen and oxygen atoms in total. The van der Waals surface area contributed by atoms with Crippen LogP contribution in [0.1, 0.15) is 9.67 Å². The van der Waals surface area contributed by atoms with Gasteiger partial charge in [0, 0.05) is 28.7 Å². The van der Waals surface area contributed by atoms with Crippen molar-refractivity contribution in [1.82, 2.24) is 9.88 Å². The van der Waals surface area contributed by atoms with Crippen molar-refractivity contribution in [2.75, 3.05) is 19.3 Å². The van der Waals surface area contributed by atoms with Gasteiger partial charge in [0.2, 0.25) is 0 Å². The summed E-state index contributed by atoms with van der Waals surface area (Å²) in [4.78, 5) is 18.8. The third-order valence-electron chi connectivity index (χ3n) is 3.33. The summed E-state index contributed by atoms with van der Waals surface area (Å²) in [5, 5.41) is 1.82. The topological polar surface area (TPSA) is 59.2 Å². The minimum atomic E-state index is -0.157. The number of anilines is 1. The van der Waals surface area contributed by atoms with E-state index < -0.39 is 0 Å². The number of hydrogen-bond donors (Lipinski definition) is 1. The highest BCUT2D eigenvalue weighted by atomic mass is 32.1. The highest BCUT2D eigenvalue weighted by molar-refractivity contribution is 7.22. The van der Waals surface area contributed by atoms with Gasteiger partial charge < -0.3 is 10.6 Å². The number of thiophene rings is 1. The maximum absolute atomic E-state index is 12.4. The summed E-state index contributed by atoms with van der Waals surface area (Å²) < 4.78 is 0.982. The Hall–Kier alpha value is -2.58. The van der Waals surface area contributed by atoms with Crippen LogP contribution in [0.25, 0.3) is 21.0 Å². The predicted molar refractivity (Wildman–Crippen MR) is 87.3 cm³/mol. The van der Waals surface area contributed by atoms with E-state index in [-0.39, 0.29) is 12.5 Å². The number of aromatic nitrogens is 1. The molecule has 0 aliphatic rings. The number of pyridine rings is 1. The lowest BCUT2D eigenvalue weighted by atomic mass is 10.1. The lowest BCUT2D eigenvalue weighted by Crippen LogP contribution is -2.26. The number of carbonyl (C=O) groups excluding carboxylic acids is 1. The summed E-state index contributed by atoms with van der Waals surface area (Å²) in [6, 6.07) is 7.81. The van der Waals surface area contributed by atoms with Crippen LogP contribution in [-0.4, -0.2) is 29.4 Å². The van der Waals surface area contributed by atoms with Crippen molar-refractivity contribution in [2.45, 2.75) is 0 Å². The number of hydrogen-bond acceptors (Lipinski definition) is 4. The molecule has 0 atom stereocenters. The van der Waals surface area contributed by atoms with Gasteiger partial charge in [-0.05, 0) is 6.07 Å². The molecular weight excluding hydrogens is 282 g/mol. The maximum Gasteiger partial charge on any atom is 0.266 e. The Morgan fingerprint density at radius 2 is 2.19 bits per heavy atom. The van der Waals surface area contributed by atoms with Gasteiger partial charge in [0.1, 0.15) is 4.88 Å². The Kier molecular flexibility index (Phi) is 3.24. The third-order valence-corrected chi connectivity index (χ3v) is 4.58. The molecule has 104 valence electrons. The van der Waals surface area contributed by atoms with Crippen molar-refractivity contribution >= 4 is 43.9 Å². The summed E-state index contributed by atoms with van der Waals surface area (Å²) in [6.07, 6.45) is 6.97. The number of nitrogen functional groups attached to an aromatic ring is 1. The van der Waals surface area contributed by atoms with Gasteiger partial charge >= 0.3 is 0 Å². The second-order valence-corrected chi connectivity index (χ2v) is 5.75. The fourth-order valence-electron chi connectivity index (χ4n) is 2.24. The molecule has 0 saturated heterocycles. The van der Waals surface area contributed by atoms with Gasteiger partial charge in [-0.15, -0.1) is 17.8 Å². The highest BCUT2D eigenvalue weighted by Gasteiger charge is 2.20. The van der Waals surface area contributed by atoms with Crippen LogP contribution >= 0.6 is 11.3 Å². The van der Waals surface area contributed by atoms with E-state index in [2.05, 4.69) is 10.9 Å². The molecule has 0 spiro atoms. The summed E-state index contributed by atoms with van der Waals surface area (Å²) in [5.74, 6) is 2.30. The van der Waals surface area contributed by atoms with Crippen LogP contribution in [0, 0.1) is 12.3 Å². The van der Waals surface area contributed by atoms with Crippen LogP contribution in [0.4, 0.5) is 5.69 Å². The average Bonchev–Trinajstić information content (AvgIpc) is 2.84. The number of nitrogens with zero attached hydrogens (tertiary/aromatic N) is 2. The van der Waals surface area contributed by atoms with Crippen LogP contribution in [0.5, 0.6) is 0 Å². The fourth-order valence-corrected chi connectivity index (χ4v) is 3.46. The Morgan fingerprint density at radius 3 is 2.95 bits per heavy atom. The zero-order valence-corrected chi connectivity index (χ0v) is 12.3. The third kappa shape index (κ3) is 2.10. The molecule has 2 aromatic heterocycles. The molecule has 0 saturated carbocycles. The fraction of sp³-hybridized carbons (Fsp3) is 0.125. The van der Waals surface area contributed by atoms with E-state index in [4.69, 9.17) is 12.2 Å². The van der Waals surface area contributed by atoms with E-state index in [0.717, 1.165) is 21.0 Å². The Morgan fingerprint density at radius 1 is 1.43 bits per heavy atom.